The van der Waals surface area contributed by atoms with E-state index in [-0.39, 0.29) is 6.42 Å². The van der Waals surface area contributed by atoms with E-state index in [2.05, 4.69) is 10.6 Å². The van der Waals surface area contributed by atoms with Crippen molar-refractivity contribution >= 4 is 17.9 Å². The van der Waals surface area contributed by atoms with Crippen molar-refractivity contribution in [2.24, 2.45) is 5.73 Å². The molecule has 8 nitrogen and oxygen atoms in total. The smallest absolute Gasteiger partial charge is 0.334 e. The van der Waals surface area contributed by atoms with Crippen LogP contribution in [0.4, 0.5) is 4.79 Å². The molecule has 8 heteroatoms. The monoisotopic (exact) mass is 247 g/mol. The molecule has 0 aliphatic carbocycles. The molecule has 0 rings (SSSR count). The van der Waals surface area contributed by atoms with E-state index in [9.17, 15) is 14.4 Å². The van der Waals surface area contributed by atoms with E-state index >= 15 is 0 Å². The summed E-state index contributed by atoms with van der Waals surface area (Å²) in [5, 5.41) is 21.9. The van der Waals surface area contributed by atoms with E-state index in [1.54, 1.807) is 13.8 Å². The predicted octanol–water partition coefficient (Wildman–Crippen LogP) is -1.61. The molecule has 0 saturated heterocycles. The molecule has 0 heterocycles. The van der Waals surface area contributed by atoms with Crippen LogP contribution in [0.15, 0.2) is 0 Å². The first-order valence-corrected chi connectivity index (χ1v) is 4.89. The molecule has 0 fully saturated rings. The third kappa shape index (κ3) is 7.12. The number of carboxylic acid groups (broad SMARTS) is 1. The van der Waals surface area contributed by atoms with Crippen molar-refractivity contribution in [2.45, 2.75) is 31.9 Å². The van der Waals surface area contributed by atoms with E-state index in [1.165, 1.54) is 0 Å². The van der Waals surface area contributed by atoms with Gasteiger partial charge in [-0.15, -0.1) is 0 Å². The van der Waals surface area contributed by atoms with Gasteiger partial charge >= 0.3 is 12.0 Å². The van der Waals surface area contributed by atoms with Crippen LogP contribution in [0.1, 0.15) is 20.3 Å². The van der Waals surface area contributed by atoms with Crippen molar-refractivity contribution < 1.29 is 24.6 Å². The number of aliphatic carboxylic acids is 1. The van der Waals surface area contributed by atoms with E-state index in [4.69, 9.17) is 15.9 Å². The van der Waals surface area contributed by atoms with Crippen LogP contribution in [0.2, 0.25) is 0 Å². The normalized spacial score (nSPS) is 12.6. The fourth-order valence-electron chi connectivity index (χ4n) is 1.11. The Morgan fingerprint density at radius 2 is 1.88 bits per heavy atom. The average molecular weight is 247 g/mol. The summed E-state index contributed by atoms with van der Waals surface area (Å²) in [6.45, 7) is 2.75. The van der Waals surface area contributed by atoms with Crippen molar-refractivity contribution in [3.05, 3.63) is 0 Å². The van der Waals surface area contributed by atoms with Gasteiger partial charge in [-0.05, 0) is 13.8 Å². The van der Waals surface area contributed by atoms with Gasteiger partial charge in [0.1, 0.15) is 0 Å². The second-order valence-corrected chi connectivity index (χ2v) is 4.22. The Balaban J connectivity index is 4.09. The second-order valence-electron chi connectivity index (χ2n) is 4.22. The van der Waals surface area contributed by atoms with Crippen LogP contribution < -0.4 is 16.4 Å². The maximum Gasteiger partial charge on any atom is 0.334 e. The van der Waals surface area contributed by atoms with Crippen LogP contribution >= 0.6 is 0 Å². The number of aliphatic hydroxyl groups is 1. The lowest BCUT2D eigenvalue weighted by Crippen LogP contribution is -2.51. The number of nitrogens with two attached hydrogens (primary N) is 1. The zero-order valence-electron chi connectivity index (χ0n) is 9.69. The Hall–Kier alpha value is -1.83. The molecule has 0 spiro atoms. The number of aliphatic hydroxyl groups excluding tert-OH is 1. The Morgan fingerprint density at radius 3 is 2.29 bits per heavy atom. The molecule has 0 radical (unpaired) electrons. The number of amides is 3. The van der Waals surface area contributed by atoms with Crippen LogP contribution in [0.5, 0.6) is 0 Å². The number of hydrogen-bond donors (Lipinski definition) is 5. The van der Waals surface area contributed by atoms with Crippen molar-refractivity contribution in [3.8, 4) is 0 Å². The lowest BCUT2D eigenvalue weighted by atomic mass is 10.0. The number of carbonyl (C=O) groups excluding carboxylic acids is 2. The van der Waals surface area contributed by atoms with Crippen LogP contribution in [0, 0.1) is 0 Å². The van der Waals surface area contributed by atoms with Gasteiger partial charge in [-0.3, -0.25) is 4.79 Å². The topological polar surface area (TPSA) is 142 Å². The molecular formula is C9H17N3O5. The summed E-state index contributed by atoms with van der Waals surface area (Å²) in [4.78, 5) is 32.2. The summed E-state index contributed by atoms with van der Waals surface area (Å²) in [7, 11) is 0. The minimum atomic E-state index is -1.67. The van der Waals surface area contributed by atoms with E-state index in [0.717, 1.165) is 0 Å². The summed E-state index contributed by atoms with van der Waals surface area (Å²) >= 11 is 0. The summed E-state index contributed by atoms with van der Waals surface area (Å²) in [5.41, 5.74) is 4.14. The van der Waals surface area contributed by atoms with Crippen molar-refractivity contribution in [1.29, 1.82) is 0 Å². The molecule has 0 aliphatic heterocycles. The lowest BCUT2D eigenvalue weighted by molar-refractivity contribution is -0.146. The molecule has 17 heavy (non-hydrogen) atoms. The molecule has 0 aliphatic rings. The quantitative estimate of drug-likeness (QED) is 0.383. The Bertz CT molecular complexity index is 316. The van der Waals surface area contributed by atoms with Crippen LogP contribution in [-0.4, -0.2) is 46.3 Å². The van der Waals surface area contributed by atoms with E-state index < -0.39 is 36.1 Å². The summed E-state index contributed by atoms with van der Waals surface area (Å²) < 4.78 is 0. The second kappa shape index (κ2) is 6.04. The number of rotatable bonds is 6. The highest BCUT2D eigenvalue weighted by Gasteiger charge is 2.23. The lowest BCUT2D eigenvalue weighted by Gasteiger charge is -2.24. The average Bonchev–Trinajstić information content (AvgIpc) is 2.10. The van der Waals surface area contributed by atoms with E-state index in [1.807, 2.05) is 0 Å². The van der Waals surface area contributed by atoms with Crippen LogP contribution in [0.25, 0.3) is 0 Å². The largest absolute Gasteiger partial charge is 0.479 e. The van der Waals surface area contributed by atoms with Gasteiger partial charge in [-0.25, -0.2) is 9.59 Å². The van der Waals surface area contributed by atoms with Gasteiger partial charge in [0.15, 0.2) is 6.10 Å². The predicted molar refractivity (Wildman–Crippen MR) is 58.1 cm³/mol. The standard InChI is InChI=1S/C9H17N3O5/c1-9(2,3-6(10)14)12-8(17)11-4-5(13)7(15)16/h5,13H,3-4H2,1-2H3,(H2,10,14)(H,15,16)(H2,11,12,17). The Morgan fingerprint density at radius 1 is 1.35 bits per heavy atom. The maximum atomic E-state index is 11.3. The Labute approximate surface area is 98.2 Å². The van der Waals surface area contributed by atoms with Crippen molar-refractivity contribution in [2.75, 3.05) is 6.54 Å². The molecule has 0 aromatic rings. The number of carbonyl (C=O) groups is 3. The van der Waals surface area contributed by atoms with Crippen molar-refractivity contribution in [1.82, 2.24) is 10.6 Å². The first kappa shape index (κ1) is 15.2. The SMILES string of the molecule is CC(C)(CC(N)=O)NC(=O)NCC(O)C(=O)O. The molecule has 3 amide bonds. The van der Waals surface area contributed by atoms with Crippen LogP contribution in [0.3, 0.4) is 0 Å². The Kier molecular flexibility index (Phi) is 5.39. The third-order valence-corrected chi connectivity index (χ3v) is 1.81. The summed E-state index contributed by atoms with van der Waals surface area (Å²) in [5.74, 6) is -2.00. The van der Waals surface area contributed by atoms with Gasteiger partial charge in [0.25, 0.3) is 0 Å². The van der Waals surface area contributed by atoms with Gasteiger partial charge in [0, 0.05) is 12.0 Å². The fourth-order valence-corrected chi connectivity index (χ4v) is 1.11. The zero-order valence-corrected chi connectivity index (χ0v) is 9.69. The molecule has 6 N–H and O–H groups in total. The first-order valence-electron chi connectivity index (χ1n) is 4.89. The first-order chi connectivity index (χ1) is 7.64. The van der Waals surface area contributed by atoms with Gasteiger partial charge in [-0.1, -0.05) is 0 Å². The number of nitrogens with one attached hydrogen (secondary N) is 2. The molecule has 1 atom stereocenters. The molecule has 0 bridgehead atoms. The zero-order chi connectivity index (χ0) is 13.6. The highest BCUT2D eigenvalue weighted by molar-refractivity contribution is 5.79. The minimum absolute atomic E-state index is 0.0537. The van der Waals surface area contributed by atoms with Gasteiger partial charge in [0.05, 0.1) is 6.54 Å². The highest BCUT2D eigenvalue weighted by Crippen LogP contribution is 2.06. The fraction of sp³-hybridized carbons (Fsp3) is 0.667. The number of hydrogen-bond acceptors (Lipinski definition) is 4. The number of carboxylic acids is 1. The minimum Gasteiger partial charge on any atom is -0.479 e. The maximum absolute atomic E-state index is 11.3. The molecule has 0 aromatic carbocycles. The van der Waals surface area contributed by atoms with E-state index in [0.29, 0.717) is 0 Å². The number of primary amides is 1. The van der Waals surface area contributed by atoms with Gasteiger partial charge in [0.2, 0.25) is 5.91 Å². The summed E-state index contributed by atoms with van der Waals surface area (Å²) in [6, 6.07) is -0.684. The molecule has 0 saturated carbocycles. The molecule has 0 aromatic heterocycles. The van der Waals surface area contributed by atoms with Gasteiger partial charge in [-0.2, -0.15) is 0 Å². The van der Waals surface area contributed by atoms with Gasteiger partial charge < -0.3 is 26.6 Å². The molecule has 1 unspecified atom stereocenters. The molecule has 98 valence electrons. The van der Waals surface area contributed by atoms with Crippen LogP contribution in [-0.2, 0) is 9.59 Å². The molecular weight excluding hydrogens is 230 g/mol. The van der Waals surface area contributed by atoms with Crippen molar-refractivity contribution in [3.63, 3.8) is 0 Å². The third-order valence-electron chi connectivity index (χ3n) is 1.81. The number of urea groups is 1. The summed E-state index contributed by atoms with van der Waals surface area (Å²) in [6.07, 6.45) is -1.72. The highest BCUT2D eigenvalue weighted by atomic mass is 16.4.